The molecule has 3 heteroatoms. The van der Waals surface area contributed by atoms with Crippen molar-refractivity contribution in [2.75, 3.05) is 5.32 Å². The van der Waals surface area contributed by atoms with E-state index >= 15 is 0 Å². The Morgan fingerprint density at radius 2 is 1.70 bits per heavy atom. The van der Waals surface area contributed by atoms with E-state index in [0.717, 1.165) is 29.7 Å². The van der Waals surface area contributed by atoms with Gasteiger partial charge in [0.25, 0.3) is 0 Å². The Bertz CT molecular complexity index is 1140. The number of imidazole rings is 1. The number of H-pyrrole nitrogens is 1. The third-order valence-electron chi connectivity index (χ3n) is 8.30. The first kappa shape index (κ1) is 23.9. The number of aromatic amines is 1. The summed E-state index contributed by atoms with van der Waals surface area (Å²) in [5.41, 5.74) is 8.01. The zero-order valence-electron chi connectivity index (χ0n) is 22.1. The van der Waals surface area contributed by atoms with Crippen molar-refractivity contribution >= 4 is 16.7 Å². The van der Waals surface area contributed by atoms with Crippen molar-refractivity contribution in [3.05, 3.63) is 58.9 Å². The quantitative estimate of drug-likeness (QED) is 0.385. The van der Waals surface area contributed by atoms with Gasteiger partial charge in [-0.05, 0) is 77.8 Å². The standard InChI is InChI=1S/C30H43N3/c1-18(2)22-10-11-23-17-30(9,33-26(23)14-22)21(6)20(5)16-29(7,8)24-12-13-25-27(15-24)32-28(31-25)19(3)4/h10-15,18-21,33H,16-17H2,1-9H3,(H,31,32). The van der Waals surface area contributed by atoms with Gasteiger partial charge in [0.2, 0.25) is 0 Å². The van der Waals surface area contributed by atoms with Crippen LogP contribution >= 0.6 is 0 Å². The van der Waals surface area contributed by atoms with E-state index in [1.807, 2.05) is 0 Å². The Morgan fingerprint density at radius 1 is 0.970 bits per heavy atom. The largest absolute Gasteiger partial charge is 0.379 e. The molecule has 4 rings (SSSR count). The van der Waals surface area contributed by atoms with Crippen LogP contribution < -0.4 is 5.32 Å². The average Bonchev–Trinajstić information content (AvgIpc) is 3.32. The molecule has 0 saturated heterocycles. The van der Waals surface area contributed by atoms with Crippen LogP contribution in [0, 0.1) is 11.8 Å². The van der Waals surface area contributed by atoms with E-state index in [1.165, 1.54) is 22.4 Å². The van der Waals surface area contributed by atoms with Crippen LogP contribution in [0.15, 0.2) is 36.4 Å². The smallest absolute Gasteiger partial charge is 0.109 e. The van der Waals surface area contributed by atoms with Crippen molar-refractivity contribution in [2.45, 2.75) is 97.9 Å². The molecular formula is C30H43N3. The molecule has 33 heavy (non-hydrogen) atoms. The van der Waals surface area contributed by atoms with E-state index in [0.29, 0.717) is 23.7 Å². The summed E-state index contributed by atoms with van der Waals surface area (Å²) in [5.74, 6) is 3.17. The molecule has 0 saturated carbocycles. The van der Waals surface area contributed by atoms with E-state index < -0.39 is 0 Å². The Labute approximate surface area is 200 Å². The summed E-state index contributed by atoms with van der Waals surface area (Å²) in [4.78, 5) is 8.33. The first-order valence-corrected chi connectivity index (χ1v) is 12.8. The number of fused-ring (bicyclic) bond motifs is 2. The second-order valence-electron chi connectivity index (χ2n) is 12.2. The van der Waals surface area contributed by atoms with E-state index in [2.05, 4.69) is 109 Å². The van der Waals surface area contributed by atoms with Gasteiger partial charge in [-0.2, -0.15) is 0 Å². The monoisotopic (exact) mass is 445 g/mol. The van der Waals surface area contributed by atoms with Crippen molar-refractivity contribution in [1.82, 2.24) is 9.97 Å². The van der Waals surface area contributed by atoms with Gasteiger partial charge < -0.3 is 10.3 Å². The molecule has 2 aromatic carbocycles. The van der Waals surface area contributed by atoms with Crippen LogP contribution in [0.25, 0.3) is 11.0 Å². The van der Waals surface area contributed by atoms with Crippen LogP contribution in [0.1, 0.15) is 103 Å². The molecule has 3 nitrogen and oxygen atoms in total. The molecule has 2 heterocycles. The topological polar surface area (TPSA) is 40.7 Å². The molecule has 0 amide bonds. The molecular weight excluding hydrogens is 402 g/mol. The van der Waals surface area contributed by atoms with Gasteiger partial charge in [0, 0.05) is 17.1 Å². The van der Waals surface area contributed by atoms with Gasteiger partial charge >= 0.3 is 0 Å². The number of rotatable bonds is 7. The molecule has 0 fully saturated rings. The summed E-state index contributed by atoms with van der Waals surface area (Å²) >= 11 is 0. The van der Waals surface area contributed by atoms with Crippen LogP contribution in [0.2, 0.25) is 0 Å². The highest BCUT2D eigenvalue weighted by Crippen LogP contribution is 2.43. The maximum absolute atomic E-state index is 4.85. The second kappa shape index (κ2) is 8.49. The van der Waals surface area contributed by atoms with Crippen LogP contribution in [-0.2, 0) is 11.8 Å². The SMILES string of the molecule is CC(C)c1ccc2c(c1)NC(C)(C(C)C(C)CC(C)(C)c1ccc3[nH]c(C(C)C)nc3c1)C2. The molecule has 1 aliphatic rings. The number of nitrogens with one attached hydrogen (secondary N) is 2. The fraction of sp³-hybridized carbons (Fsp3) is 0.567. The maximum Gasteiger partial charge on any atom is 0.109 e. The van der Waals surface area contributed by atoms with Crippen LogP contribution in [0.5, 0.6) is 0 Å². The Balaban J connectivity index is 1.50. The highest BCUT2D eigenvalue weighted by Gasteiger charge is 2.41. The van der Waals surface area contributed by atoms with Gasteiger partial charge in [0.15, 0.2) is 0 Å². The zero-order valence-corrected chi connectivity index (χ0v) is 22.1. The van der Waals surface area contributed by atoms with Crippen molar-refractivity contribution < 1.29 is 0 Å². The third kappa shape index (κ3) is 4.56. The van der Waals surface area contributed by atoms with Crippen molar-refractivity contribution in [3.63, 3.8) is 0 Å². The van der Waals surface area contributed by atoms with Gasteiger partial charge in [-0.25, -0.2) is 4.98 Å². The summed E-state index contributed by atoms with van der Waals surface area (Å²) in [5, 5.41) is 3.94. The van der Waals surface area contributed by atoms with Crippen molar-refractivity contribution in [3.8, 4) is 0 Å². The minimum atomic E-state index is 0.0887. The van der Waals surface area contributed by atoms with Gasteiger partial charge in [-0.3, -0.25) is 0 Å². The van der Waals surface area contributed by atoms with E-state index in [1.54, 1.807) is 0 Å². The van der Waals surface area contributed by atoms with E-state index in [4.69, 9.17) is 4.98 Å². The number of aromatic nitrogens is 2. The summed E-state index contributed by atoms with van der Waals surface area (Å²) < 4.78 is 0. The molecule has 178 valence electrons. The summed E-state index contributed by atoms with van der Waals surface area (Å²) in [7, 11) is 0. The lowest BCUT2D eigenvalue weighted by Crippen LogP contribution is -2.43. The fourth-order valence-corrected chi connectivity index (χ4v) is 5.69. The second-order valence-corrected chi connectivity index (χ2v) is 12.2. The number of hydrogen-bond donors (Lipinski definition) is 2. The number of benzene rings is 2. The Hall–Kier alpha value is -2.29. The van der Waals surface area contributed by atoms with Crippen molar-refractivity contribution in [2.24, 2.45) is 11.8 Å². The molecule has 2 N–H and O–H groups in total. The number of nitrogens with zero attached hydrogens (tertiary/aromatic N) is 1. The number of anilines is 1. The normalized spacial score (nSPS) is 20.3. The number of hydrogen-bond acceptors (Lipinski definition) is 2. The van der Waals surface area contributed by atoms with Gasteiger partial charge in [-0.15, -0.1) is 0 Å². The predicted molar refractivity (Wildman–Crippen MR) is 142 cm³/mol. The Morgan fingerprint density at radius 3 is 2.36 bits per heavy atom. The van der Waals surface area contributed by atoms with Gasteiger partial charge in [0.05, 0.1) is 11.0 Å². The minimum absolute atomic E-state index is 0.0887. The molecule has 3 aromatic rings. The van der Waals surface area contributed by atoms with Crippen LogP contribution in [0.4, 0.5) is 5.69 Å². The van der Waals surface area contributed by atoms with Crippen molar-refractivity contribution in [1.29, 1.82) is 0 Å². The van der Waals surface area contributed by atoms with Crippen LogP contribution in [0.3, 0.4) is 0 Å². The molecule has 0 spiro atoms. The molecule has 3 atom stereocenters. The van der Waals surface area contributed by atoms with E-state index in [9.17, 15) is 0 Å². The molecule has 0 bridgehead atoms. The lowest BCUT2D eigenvalue weighted by Gasteiger charge is -2.39. The summed E-state index contributed by atoms with van der Waals surface area (Å²) in [6, 6.07) is 13.8. The molecule has 1 aromatic heterocycles. The fourth-order valence-electron chi connectivity index (χ4n) is 5.69. The molecule has 1 aliphatic heterocycles. The van der Waals surface area contributed by atoms with Crippen LogP contribution in [-0.4, -0.2) is 15.5 Å². The Kier molecular flexibility index (Phi) is 6.14. The summed E-state index contributed by atoms with van der Waals surface area (Å²) in [6.45, 7) is 21.0. The molecule has 3 unspecified atom stereocenters. The highest BCUT2D eigenvalue weighted by atomic mass is 15.0. The lowest BCUT2D eigenvalue weighted by molar-refractivity contribution is 0.218. The zero-order chi connectivity index (χ0) is 24.1. The predicted octanol–water partition coefficient (Wildman–Crippen LogP) is 8.18. The first-order chi connectivity index (χ1) is 15.4. The van der Waals surface area contributed by atoms with Gasteiger partial charge in [-0.1, -0.05) is 73.6 Å². The minimum Gasteiger partial charge on any atom is -0.379 e. The molecule has 0 radical (unpaired) electrons. The molecule has 0 aliphatic carbocycles. The van der Waals surface area contributed by atoms with E-state index in [-0.39, 0.29) is 11.0 Å². The summed E-state index contributed by atoms with van der Waals surface area (Å²) in [6.07, 6.45) is 2.25. The highest BCUT2D eigenvalue weighted by molar-refractivity contribution is 5.76. The maximum atomic E-state index is 4.85. The average molecular weight is 446 g/mol. The van der Waals surface area contributed by atoms with Gasteiger partial charge in [0.1, 0.15) is 5.82 Å². The third-order valence-corrected chi connectivity index (χ3v) is 8.30. The lowest BCUT2D eigenvalue weighted by atomic mass is 9.69. The first-order valence-electron chi connectivity index (χ1n) is 12.8.